The molecule has 9 nitrogen and oxygen atoms in total. The van der Waals surface area contributed by atoms with Gasteiger partial charge in [0, 0.05) is 23.5 Å². The number of nitrogens with two attached hydrogens (primary N) is 1. The van der Waals surface area contributed by atoms with Crippen molar-refractivity contribution in [3.8, 4) is 22.5 Å². The SMILES string of the molecule is Nc1nccc(-c2cn(C3CCNCC3)nc2-c2cccc(NS(=O)(=O)c3cc(F)ccc3F)c2F)n1. The second-order valence-electron chi connectivity index (χ2n) is 8.50. The Morgan fingerprint density at radius 2 is 1.84 bits per heavy atom. The first-order valence-corrected chi connectivity index (χ1v) is 12.9. The van der Waals surface area contributed by atoms with Crippen LogP contribution in [0.3, 0.4) is 0 Å². The summed E-state index contributed by atoms with van der Waals surface area (Å²) in [4.78, 5) is 7.21. The van der Waals surface area contributed by atoms with E-state index in [1.165, 1.54) is 24.4 Å². The fourth-order valence-electron chi connectivity index (χ4n) is 4.24. The van der Waals surface area contributed by atoms with Crippen LogP contribution < -0.4 is 15.8 Å². The molecule has 0 aliphatic carbocycles. The van der Waals surface area contributed by atoms with E-state index in [9.17, 15) is 17.2 Å². The van der Waals surface area contributed by atoms with Gasteiger partial charge in [0.25, 0.3) is 10.0 Å². The van der Waals surface area contributed by atoms with Gasteiger partial charge in [0.2, 0.25) is 5.95 Å². The van der Waals surface area contributed by atoms with Crippen molar-refractivity contribution in [2.24, 2.45) is 0 Å². The largest absolute Gasteiger partial charge is 0.368 e. The topological polar surface area (TPSA) is 128 Å². The molecule has 0 radical (unpaired) electrons. The molecule has 0 spiro atoms. The van der Waals surface area contributed by atoms with Crippen LogP contribution >= 0.6 is 0 Å². The first-order valence-electron chi connectivity index (χ1n) is 11.4. The van der Waals surface area contributed by atoms with E-state index < -0.39 is 38.1 Å². The Balaban J connectivity index is 1.59. The van der Waals surface area contributed by atoms with Crippen molar-refractivity contribution in [2.45, 2.75) is 23.8 Å². The second-order valence-corrected chi connectivity index (χ2v) is 10.2. The van der Waals surface area contributed by atoms with Gasteiger partial charge in [-0.15, -0.1) is 0 Å². The lowest BCUT2D eigenvalue weighted by Crippen LogP contribution is -2.29. The van der Waals surface area contributed by atoms with Gasteiger partial charge < -0.3 is 11.1 Å². The monoisotopic (exact) mass is 529 g/mol. The maximum absolute atomic E-state index is 15.8. The van der Waals surface area contributed by atoms with Crippen molar-refractivity contribution in [2.75, 3.05) is 23.5 Å². The number of halogens is 3. The highest BCUT2D eigenvalue weighted by Gasteiger charge is 2.26. The van der Waals surface area contributed by atoms with Crippen LogP contribution in [0.15, 0.2) is 59.8 Å². The summed E-state index contributed by atoms with van der Waals surface area (Å²) in [5.41, 5.74) is 6.40. The Morgan fingerprint density at radius 1 is 1.05 bits per heavy atom. The van der Waals surface area contributed by atoms with E-state index in [0.29, 0.717) is 23.4 Å². The van der Waals surface area contributed by atoms with Gasteiger partial charge in [-0.25, -0.2) is 31.6 Å². The van der Waals surface area contributed by atoms with Crippen LogP contribution in [0.2, 0.25) is 0 Å². The van der Waals surface area contributed by atoms with Crippen molar-refractivity contribution in [1.82, 2.24) is 25.1 Å². The van der Waals surface area contributed by atoms with Crippen molar-refractivity contribution in [3.63, 3.8) is 0 Å². The predicted molar refractivity (Wildman–Crippen MR) is 131 cm³/mol. The molecule has 4 N–H and O–H groups in total. The molecule has 0 unspecified atom stereocenters. The summed E-state index contributed by atoms with van der Waals surface area (Å²) in [7, 11) is -4.64. The summed E-state index contributed by atoms with van der Waals surface area (Å²) in [5.74, 6) is -3.04. The Morgan fingerprint density at radius 3 is 2.59 bits per heavy atom. The third-order valence-electron chi connectivity index (χ3n) is 6.05. The lowest BCUT2D eigenvalue weighted by Gasteiger charge is -2.22. The van der Waals surface area contributed by atoms with E-state index in [1.807, 2.05) is 4.72 Å². The molecular weight excluding hydrogens is 507 g/mol. The lowest BCUT2D eigenvalue weighted by atomic mass is 10.0. The van der Waals surface area contributed by atoms with Crippen molar-refractivity contribution < 1.29 is 21.6 Å². The Hall–Kier alpha value is -3.97. The van der Waals surface area contributed by atoms with Gasteiger partial charge in [-0.05, 0) is 62.3 Å². The van der Waals surface area contributed by atoms with Gasteiger partial charge in [0.15, 0.2) is 5.82 Å². The molecule has 37 heavy (non-hydrogen) atoms. The normalized spacial score (nSPS) is 14.6. The Bertz CT molecular complexity index is 1570. The Labute approximate surface area is 210 Å². The third kappa shape index (κ3) is 5.00. The minimum absolute atomic E-state index is 0.0141. The quantitative estimate of drug-likeness (QED) is 0.347. The second kappa shape index (κ2) is 9.82. The molecule has 2 aromatic heterocycles. The average Bonchev–Trinajstić information content (AvgIpc) is 3.32. The van der Waals surface area contributed by atoms with E-state index in [2.05, 4.69) is 20.4 Å². The van der Waals surface area contributed by atoms with Crippen LogP contribution in [-0.4, -0.2) is 41.3 Å². The van der Waals surface area contributed by atoms with Crippen LogP contribution in [-0.2, 0) is 10.0 Å². The maximum atomic E-state index is 15.8. The van der Waals surface area contributed by atoms with Gasteiger partial charge in [-0.3, -0.25) is 9.40 Å². The van der Waals surface area contributed by atoms with E-state index in [-0.39, 0.29) is 23.2 Å². The number of nitrogens with zero attached hydrogens (tertiary/aromatic N) is 4. The highest BCUT2D eigenvalue weighted by atomic mass is 32.2. The van der Waals surface area contributed by atoms with E-state index in [1.54, 1.807) is 16.9 Å². The smallest absolute Gasteiger partial charge is 0.265 e. The van der Waals surface area contributed by atoms with Crippen molar-refractivity contribution in [3.05, 3.63) is 72.3 Å². The number of sulfonamides is 1. The molecule has 0 amide bonds. The maximum Gasteiger partial charge on any atom is 0.265 e. The number of nitrogens with one attached hydrogen (secondary N) is 2. The van der Waals surface area contributed by atoms with E-state index in [4.69, 9.17) is 5.73 Å². The summed E-state index contributed by atoms with van der Waals surface area (Å²) >= 11 is 0. The molecule has 4 aromatic rings. The molecule has 0 atom stereocenters. The molecule has 13 heteroatoms. The average molecular weight is 530 g/mol. The van der Waals surface area contributed by atoms with Crippen molar-refractivity contribution >= 4 is 21.7 Å². The van der Waals surface area contributed by atoms with Gasteiger partial charge in [-0.1, -0.05) is 6.07 Å². The number of benzene rings is 2. The molecule has 0 bridgehead atoms. The van der Waals surface area contributed by atoms with Crippen molar-refractivity contribution in [1.29, 1.82) is 0 Å². The number of nitrogen functional groups attached to an aromatic ring is 1. The first kappa shape index (κ1) is 24.7. The summed E-state index contributed by atoms with van der Waals surface area (Å²) in [6, 6.07) is 7.73. The molecule has 192 valence electrons. The zero-order chi connectivity index (χ0) is 26.2. The van der Waals surface area contributed by atoms with Crippen LogP contribution in [0.5, 0.6) is 0 Å². The zero-order valence-electron chi connectivity index (χ0n) is 19.3. The van der Waals surface area contributed by atoms with Crippen LogP contribution in [0.25, 0.3) is 22.5 Å². The number of rotatable bonds is 6. The standard InChI is InChI=1S/C24H22F3N7O2S/c25-14-4-5-18(26)21(12-14)37(35,36)33-20-3-1-2-16(22(20)27)23-17(19-8-11-30-24(28)31-19)13-34(32-23)15-6-9-29-10-7-15/h1-5,8,11-13,15,29,33H,6-7,9-10H2,(H2,28,30,31). The highest BCUT2D eigenvalue weighted by Crippen LogP contribution is 2.36. The highest BCUT2D eigenvalue weighted by molar-refractivity contribution is 7.92. The van der Waals surface area contributed by atoms with Gasteiger partial charge >= 0.3 is 0 Å². The van der Waals surface area contributed by atoms with Gasteiger partial charge in [-0.2, -0.15) is 5.10 Å². The minimum Gasteiger partial charge on any atom is -0.368 e. The first-order chi connectivity index (χ1) is 17.7. The summed E-state index contributed by atoms with van der Waals surface area (Å²) in [6.45, 7) is 1.61. The number of hydrogen-bond donors (Lipinski definition) is 3. The Kier molecular flexibility index (Phi) is 6.56. The lowest BCUT2D eigenvalue weighted by molar-refractivity contribution is 0.343. The predicted octanol–water partition coefficient (Wildman–Crippen LogP) is 3.73. The van der Waals surface area contributed by atoms with E-state index in [0.717, 1.165) is 32.0 Å². The fraction of sp³-hybridized carbons (Fsp3) is 0.208. The number of hydrogen-bond acceptors (Lipinski definition) is 7. The molecule has 1 aliphatic rings. The number of anilines is 2. The number of aromatic nitrogens is 4. The van der Waals surface area contributed by atoms with Gasteiger partial charge in [0.05, 0.1) is 17.4 Å². The molecule has 1 saturated heterocycles. The summed E-state index contributed by atoms with van der Waals surface area (Å²) < 4.78 is 72.9. The fourth-order valence-corrected chi connectivity index (χ4v) is 5.39. The van der Waals surface area contributed by atoms with E-state index >= 15 is 4.39 Å². The molecule has 1 fully saturated rings. The molecule has 3 heterocycles. The minimum atomic E-state index is -4.64. The van der Waals surface area contributed by atoms with Crippen LogP contribution in [0.4, 0.5) is 24.8 Å². The molecule has 1 aliphatic heterocycles. The molecular formula is C24H22F3N7O2S. The molecule has 2 aromatic carbocycles. The summed E-state index contributed by atoms with van der Waals surface area (Å²) in [5, 5.41) is 7.94. The van der Waals surface area contributed by atoms with Gasteiger partial charge in [0.1, 0.15) is 22.2 Å². The van der Waals surface area contributed by atoms with Crippen LogP contribution in [0, 0.1) is 17.5 Å². The van der Waals surface area contributed by atoms with Crippen LogP contribution in [0.1, 0.15) is 18.9 Å². The molecule has 5 rings (SSSR count). The summed E-state index contributed by atoms with van der Waals surface area (Å²) in [6.07, 6.45) is 4.85. The number of piperidine rings is 1. The third-order valence-corrected chi connectivity index (χ3v) is 7.43. The zero-order valence-corrected chi connectivity index (χ0v) is 20.1. The molecule has 0 saturated carbocycles.